The number of carbonyl (C=O) groups is 3. The van der Waals surface area contributed by atoms with Crippen LogP contribution in [-0.2, 0) is 14.4 Å². The number of aliphatic hydroxyl groups excluding tert-OH is 1. The molecule has 1 aliphatic heterocycles. The van der Waals surface area contributed by atoms with Crippen LogP contribution >= 0.6 is 0 Å². The Morgan fingerprint density at radius 2 is 1.68 bits per heavy atom. The van der Waals surface area contributed by atoms with E-state index in [0.717, 1.165) is 11.3 Å². The largest absolute Gasteiger partial charge is 0.484 e. The minimum atomic E-state index is -1.14. The summed E-state index contributed by atoms with van der Waals surface area (Å²) in [6.07, 6.45) is -0.0378. The topological polar surface area (TPSA) is 116 Å². The third-order valence-electron chi connectivity index (χ3n) is 6.28. The molecule has 0 bridgehead atoms. The molecular formula is C28H27FN2O6. The maximum atomic E-state index is 13.2. The molecule has 192 valence electrons. The number of β-lactam (4-membered cyclic amide) rings is 1. The molecule has 1 heterocycles. The first-order valence-electron chi connectivity index (χ1n) is 11.9. The number of carboxylic acid groups (broad SMARTS) is 1. The number of carbonyl (C=O) groups excluding carboxylic acids is 2. The van der Waals surface area contributed by atoms with E-state index in [9.17, 15) is 23.9 Å². The number of benzene rings is 3. The van der Waals surface area contributed by atoms with Crippen molar-refractivity contribution in [2.45, 2.75) is 25.0 Å². The fraction of sp³-hybridized carbons (Fsp3) is 0.250. The molecule has 37 heavy (non-hydrogen) atoms. The normalized spacial score (nSPS) is 17.6. The fourth-order valence-electron chi connectivity index (χ4n) is 4.41. The van der Waals surface area contributed by atoms with Crippen molar-refractivity contribution in [3.05, 3.63) is 95.8 Å². The summed E-state index contributed by atoms with van der Waals surface area (Å²) in [6.45, 7) is -0.808. The first-order valence-corrected chi connectivity index (χ1v) is 11.9. The van der Waals surface area contributed by atoms with Crippen LogP contribution in [0.25, 0.3) is 0 Å². The lowest BCUT2D eigenvalue weighted by molar-refractivity contribution is -0.138. The van der Waals surface area contributed by atoms with Crippen molar-refractivity contribution in [1.82, 2.24) is 5.32 Å². The van der Waals surface area contributed by atoms with E-state index in [1.807, 2.05) is 42.5 Å². The maximum Gasteiger partial charge on any atom is 0.322 e. The quantitative estimate of drug-likeness (QED) is 0.342. The van der Waals surface area contributed by atoms with Gasteiger partial charge in [0.15, 0.2) is 6.61 Å². The molecule has 3 N–H and O–H groups in total. The molecule has 0 aromatic heterocycles. The number of nitrogens with zero attached hydrogens (tertiary/aromatic N) is 1. The number of amides is 2. The molecule has 3 aromatic carbocycles. The highest BCUT2D eigenvalue weighted by atomic mass is 19.1. The highest BCUT2D eigenvalue weighted by molar-refractivity contribution is 6.03. The third kappa shape index (κ3) is 6.31. The van der Waals surface area contributed by atoms with Crippen LogP contribution in [0, 0.1) is 11.7 Å². The van der Waals surface area contributed by atoms with Crippen molar-refractivity contribution < 1.29 is 33.7 Å². The summed E-state index contributed by atoms with van der Waals surface area (Å²) >= 11 is 0. The standard InChI is InChI=1S/C28H27FN2O6/c29-20-10-6-18(7-11-20)24(32)15-14-23-27(31(28(23)36)21-4-2-1-3-5-21)19-8-12-22(13-9-19)37-17-25(33)30-16-26(34)35/h1-13,23-24,27,32H,14-17H2,(H,30,33)(H,34,35)/t23-,24+,27-/m1/s1. The van der Waals surface area contributed by atoms with E-state index in [2.05, 4.69) is 5.32 Å². The summed E-state index contributed by atoms with van der Waals surface area (Å²) < 4.78 is 18.7. The number of anilines is 1. The van der Waals surface area contributed by atoms with E-state index in [-0.39, 0.29) is 30.3 Å². The molecule has 0 saturated carbocycles. The maximum absolute atomic E-state index is 13.2. The Labute approximate surface area is 213 Å². The molecule has 2 amide bonds. The number of ether oxygens (including phenoxy) is 1. The Bertz CT molecular complexity index is 1230. The molecule has 4 rings (SSSR count). The van der Waals surface area contributed by atoms with Crippen LogP contribution in [0.5, 0.6) is 5.75 Å². The van der Waals surface area contributed by atoms with Crippen molar-refractivity contribution in [2.24, 2.45) is 5.92 Å². The summed E-state index contributed by atoms with van der Waals surface area (Å²) in [5.41, 5.74) is 2.23. The molecule has 9 heteroatoms. The van der Waals surface area contributed by atoms with Crippen molar-refractivity contribution in [1.29, 1.82) is 0 Å². The Morgan fingerprint density at radius 1 is 1.00 bits per heavy atom. The van der Waals surface area contributed by atoms with Crippen LogP contribution in [-0.4, -0.2) is 41.1 Å². The van der Waals surface area contributed by atoms with Gasteiger partial charge in [0.1, 0.15) is 18.1 Å². The van der Waals surface area contributed by atoms with Gasteiger partial charge in [-0.1, -0.05) is 42.5 Å². The van der Waals surface area contributed by atoms with Crippen molar-refractivity contribution in [3.63, 3.8) is 0 Å². The molecule has 8 nitrogen and oxygen atoms in total. The molecule has 0 radical (unpaired) electrons. The number of para-hydroxylation sites is 1. The molecule has 1 saturated heterocycles. The van der Waals surface area contributed by atoms with Gasteiger partial charge < -0.3 is 25.2 Å². The van der Waals surface area contributed by atoms with Crippen molar-refractivity contribution in [3.8, 4) is 5.75 Å². The zero-order valence-corrected chi connectivity index (χ0v) is 19.9. The number of hydrogen-bond donors (Lipinski definition) is 3. The SMILES string of the molecule is O=C(O)CNC(=O)COc1ccc([C@@H]2[C@@H](CC[C@H](O)c3ccc(F)cc3)C(=O)N2c2ccccc2)cc1. The molecule has 0 unspecified atom stereocenters. The lowest BCUT2D eigenvalue weighted by Crippen LogP contribution is -2.55. The second kappa shape index (κ2) is 11.7. The van der Waals surface area contributed by atoms with Gasteiger partial charge in [0.2, 0.25) is 5.91 Å². The van der Waals surface area contributed by atoms with E-state index in [0.29, 0.717) is 24.2 Å². The zero-order valence-electron chi connectivity index (χ0n) is 19.9. The van der Waals surface area contributed by atoms with Crippen LogP contribution in [0.2, 0.25) is 0 Å². The van der Waals surface area contributed by atoms with Gasteiger partial charge in [-0.15, -0.1) is 0 Å². The number of nitrogens with one attached hydrogen (secondary N) is 1. The summed E-state index contributed by atoms with van der Waals surface area (Å²) in [4.78, 5) is 37.1. The van der Waals surface area contributed by atoms with Crippen LogP contribution in [0.4, 0.5) is 10.1 Å². The molecule has 0 aliphatic carbocycles. The van der Waals surface area contributed by atoms with Crippen LogP contribution in [0.3, 0.4) is 0 Å². The number of hydrogen-bond acceptors (Lipinski definition) is 5. The average molecular weight is 507 g/mol. The molecule has 0 spiro atoms. The number of rotatable bonds is 11. The Hall–Kier alpha value is -4.24. The van der Waals surface area contributed by atoms with E-state index in [1.165, 1.54) is 24.3 Å². The predicted molar refractivity (Wildman–Crippen MR) is 133 cm³/mol. The Morgan fingerprint density at radius 3 is 2.32 bits per heavy atom. The summed E-state index contributed by atoms with van der Waals surface area (Å²) in [5, 5.41) is 21.4. The van der Waals surface area contributed by atoms with Gasteiger partial charge in [-0.25, -0.2) is 4.39 Å². The Balaban J connectivity index is 1.45. The van der Waals surface area contributed by atoms with Gasteiger partial charge in [-0.3, -0.25) is 14.4 Å². The van der Waals surface area contributed by atoms with Gasteiger partial charge in [0.05, 0.1) is 18.1 Å². The number of aliphatic hydroxyl groups is 1. The van der Waals surface area contributed by atoms with Gasteiger partial charge in [-0.2, -0.15) is 0 Å². The molecule has 1 fully saturated rings. The molecular weight excluding hydrogens is 479 g/mol. The second-order valence-electron chi connectivity index (χ2n) is 8.77. The van der Waals surface area contributed by atoms with E-state index in [1.54, 1.807) is 17.0 Å². The molecule has 3 aromatic rings. The summed E-state index contributed by atoms with van der Waals surface area (Å²) in [5.74, 6) is -2.05. The van der Waals surface area contributed by atoms with Crippen molar-refractivity contribution in [2.75, 3.05) is 18.1 Å². The average Bonchev–Trinajstić information content (AvgIpc) is 2.90. The van der Waals surface area contributed by atoms with Crippen LogP contribution in [0.1, 0.15) is 36.1 Å². The lowest BCUT2D eigenvalue weighted by atomic mass is 9.78. The number of halogens is 1. The van der Waals surface area contributed by atoms with E-state index in [4.69, 9.17) is 9.84 Å². The van der Waals surface area contributed by atoms with Gasteiger partial charge in [-0.05, 0) is 60.4 Å². The first kappa shape index (κ1) is 25.8. The first-order chi connectivity index (χ1) is 17.8. The molecule has 1 aliphatic rings. The lowest BCUT2D eigenvalue weighted by Gasteiger charge is -2.48. The smallest absolute Gasteiger partial charge is 0.322 e. The predicted octanol–water partition coefficient (Wildman–Crippen LogP) is 3.62. The highest BCUT2D eigenvalue weighted by Crippen LogP contribution is 2.46. The Kier molecular flexibility index (Phi) is 8.15. The highest BCUT2D eigenvalue weighted by Gasteiger charge is 2.48. The number of carboxylic acids is 1. The summed E-state index contributed by atoms with van der Waals surface area (Å²) in [6, 6.07) is 21.8. The van der Waals surface area contributed by atoms with E-state index < -0.39 is 24.5 Å². The van der Waals surface area contributed by atoms with Crippen molar-refractivity contribution >= 4 is 23.5 Å². The third-order valence-corrected chi connectivity index (χ3v) is 6.28. The second-order valence-corrected chi connectivity index (χ2v) is 8.77. The van der Waals surface area contributed by atoms with Crippen LogP contribution in [0.15, 0.2) is 78.9 Å². The summed E-state index contributed by atoms with van der Waals surface area (Å²) in [7, 11) is 0. The van der Waals surface area contributed by atoms with Gasteiger partial charge >= 0.3 is 5.97 Å². The fourth-order valence-corrected chi connectivity index (χ4v) is 4.41. The number of aliphatic carboxylic acids is 1. The monoisotopic (exact) mass is 506 g/mol. The van der Waals surface area contributed by atoms with Gasteiger partial charge in [0, 0.05) is 5.69 Å². The zero-order chi connectivity index (χ0) is 26.4. The van der Waals surface area contributed by atoms with E-state index >= 15 is 0 Å². The minimum absolute atomic E-state index is 0.0436. The minimum Gasteiger partial charge on any atom is -0.484 e. The molecule has 3 atom stereocenters. The van der Waals surface area contributed by atoms with Gasteiger partial charge in [0.25, 0.3) is 5.91 Å². The van der Waals surface area contributed by atoms with Crippen LogP contribution < -0.4 is 15.0 Å².